The van der Waals surface area contributed by atoms with Crippen molar-refractivity contribution in [2.24, 2.45) is 11.8 Å². The maximum absolute atomic E-state index is 2.64. The quantitative estimate of drug-likeness (QED) is 0.563. The minimum atomic E-state index is 0.971. The fraction of sp³-hybridized carbons (Fsp3) is 1.00. The summed E-state index contributed by atoms with van der Waals surface area (Å²) >= 11 is 0. The maximum atomic E-state index is 2.64. The molecule has 1 heterocycles. The number of nitrogens with zero attached hydrogens (tertiary/aromatic N) is 1. The molecule has 0 bridgehead atoms. The van der Waals surface area contributed by atoms with E-state index < -0.39 is 0 Å². The third kappa shape index (κ3) is 1.51. The van der Waals surface area contributed by atoms with Crippen molar-refractivity contribution in [2.45, 2.75) is 26.2 Å². The van der Waals surface area contributed by atoms with Gasteiger partial charge in [0.15, 0.2) is 0 Å². The Hall–Kier alpha value is -0.0400. The molecule has 0 amide bonds. The first kappa shape index (κ1) is 6.66. The summed E-state index contributed by atoms with van der Waals surface area (Å²) in [5.74, 6) is 2.06. The van der Waals surface area contributed by atoms with Gasteiger partial charge in [-0.2, -0.15) is 0 Å². The number of likely N-dealkylation sites (tertiary alicyclic amines) is 1. The molecule has 58 valence electrons. The number of hydrogen-bond acceptors (Lipinski definition) is 1. The van der Waals surface area contributed by atoms with Gasteiger partial charge in [-0.3, -0.25) is 0 Å². The highest BCUT2D eigenvalue weighted by Crippen LogP contribution is 2.31. The Bertz CT molecular complexity index is 118. The molecule has 0 aromatic rings. The zero-order valence-electron chi connectivity index (χ0n) is 6.84. The molecule has 0 aromatic carbocycles. The lowest BCUT2D eigenvalue weighted by molar-refractivity contribution is 0.314. The van der Waals surface area contributed by atoms with Gasteiger partial charge in [0.25, 0.3) is 0 Å². The summed E-state index contributed by atoms with van der Waals surface area (Å²) in [5, 5.41) is 0. The minimum absolute atomic E-state index is 0.971. The summed E-state index contributed by atoms with van der Waals surface area (Å²) in [5.41, 5.74) is 0. The molecule has 10 heavy (non-hydrogen) atoms. The van der Waals surface area contributed by atoms with E-state index in [2.05, 4.69) is 11.8 Å². The summed E-state index contributed by atoms with van der Waals surface area (Å²) in [6.45, 7) is 6.52. The summed E-state index contributed by atoms with van der Waals surface area (Å²) in [7, 11) is 0. The smallest absolute Gasteiger partial charge is 0.000978 e. The van der Waals surface area contributed by atoms with E-state index in [4.69, 9.17) is 0 Å². The van der Waals surface area contributed by atoms with Gasteiger partial charge >= 0.3 is 0 Å². The van der Waals surface area contributed by atoms with E-state index in [-0.39, 0.29) is 0 Å². The molecular weight excluding hydrogens is 122 g/mol. The molecule has 0 spiro atoms. The number of rotatable bonds is 2. The monoisotopic (exact) mass is 139 g/mol. The van der Waals surface area contributed by atoms with Crippen LogP contribution in [0.1, 0.15) is 26.2 Å². The second-order valence-electron chi connectivity index (χ2n) is 4.10. The van der Waals surface area contributed by atoms with Gasteiger partial charge in [-0.25, -0.2) is 0 Å². The first-order chi connectivity index (χ1) is 4.84. The van der Waals surface area contributed by atoms with Crippen LogP contribution in [-0.2, 0) is 0 Å². The molecule has 2 fully saturated rings. The largest absolute Gasteiger partial charge is 0.303 e. The van der Waals surface area contributed by atoms with Crippen LogP contribution in [0.2, 0.25) is 0 Å². The van der Waals surface area contributed by atoms with Gasteiger partial charge in [0, 0.05) is 13.1 Å². The van der Waals surface area contributed by atoms with E-state index in [1.165, 1.54) is 38.9 Å². The molecule has 1 saturated heterocycles. The van der Waals surface area contributed by atoms with Gasteiger partial charge in [0.05, 0.1) is 0 Å². The molecule has 1 aliphatic carbocycles. The average molecular weight is 139 g/mol. The van der Waals surface area contributed by atoms with E-state index in [1.54, 1.807) is 0 Å². The van der Waals surface area contributed by atoms with Gasteiger partial charge in [-0.1, -0.05) is 6.92 Å². The first-order valence-corrected chi connectivity index (χ1v) is 4.57. The third-order valence-corrected chi connectivity index (χ3v) is 2.72. The minimum Gasteiger partial charge on any atom is -0.303 e. The molecule has 0 N–H and O–H groups in total. The molecule has 0 radical (unpaired) electrons. The van der Waals surface area contributed by atoms with Gasteiger partial charge in [-0.05, 0) is 37.6 Å². The Morgan fingerprint density at radius 3 is 2.60 bits per heavy atom. The highest BCUT2D eigenvalue weighted by atomic mass is 15.1. The van der Waals surface area contributed by atoms with Crippen molar-refractivity contribution >= 4 is 0 Å². The Morgan fingerprint density at radius 2 is 2.10 bits per heavy atom. The normalized spacial score (nSPS) is 35.1. The average Bonchev–Trinajstić information content (AvgIpc) is 2.59. The predicted molar refractivity (Wildman–Crippen MR) is 42.9 cm³/mol. The Morgan fingerprint density at radius 1 is 1.30 bits per heavy atom. The molecule has 1 heteroatoms. The fourth-order valence-corrected chi connectivity index (χ4v) is 1.86. The Balaban J connectivity index is 1.72. The second-order valence-corrected chi connectivity index (χ2v) is 4.10. The zero-order chi connectivity index (χ0) is 6.97. The van der Waals surface area contributed by atoms with E-state index in [9.17, 15) is 0 Å². The van der Waals surface area contributed by atoms with E-state index in [1.807, 2.05) is 0 Å². The summed E-state index contributed by atoms with van der Waals surface area (Å²) in [6, 6.07) is 0. The van der Waals surface area contributed by atoms with Crippen LogP contribution in [0.4, 0.5) is 0 Å². The lowest BCUT2D eigenvalue weighted by Gasteiger charge is -2.13. The van der Waals surface area contributed by atoms with Crippen LogP contribution in [0.5, 0.6) is 0 Å². The third-order valence-electron chi connectivity index (χ3n) is 2.72. The van der Waals surface area contributed by atoms with Crippen molar-refractivity contribution in [1.82, 2.24) is 4.90 Å². The predicted octanol–water partition coefficient (Wildman–Crippen LogP) is 1.74. The second kappa shape index (κ2) is 2.54. The number of hydrogen-bond donors (Lipinski definition) is 0. The molecule has 2 rings (SSSR count). The van der Waals surface area contributed by atoms with Crippen LogP contribution in [0.3, 0.4) is 0 Å². The Labute approximate surface area is 63.4 Å². The lowest BCUT2D eigenvalue weighted by Crippen LogP contribution is -2.22. The summed E-state index contributed by atoms with van der Waals surface area (Å²) in [4.78, 5) is 2.64. The van der Waals surface area contributed by atoms with Crippen LogP contribution in [0.25, 0.3) is 0 Å². The summed E-state index contributed by atoms with van der Waals surface area (Å²) < 4.78 is 0. The Kier molecular flexibility index (Phi) is 1.69. The van der Waals surface area contributed by atoms with Gasteiger partial charge in [0.2, 0.25) is 0 Å². The van der Waals surface area contributed by atoms with Crippen LogP contribution < -0.4 is 0 Å². The van der Waals surface area contributed by atoms with Crippen LogP contribution in [0, 0.1) is 11.8 Å². The van der Waals surface area contributed by atoms with Crippen LogP contribution >= 0.6 is 0 Å². The fourth-order valence-electron chi connectivity index (χ4n) is 1.86. The van der Waals surface area contributed by atoms with Crippen LogP contribution in [-0.4, -0.2) is 24.5 Å². The molecule has 1 unspecified atom stereocenters. The molecule has 0 aromatic heterocycles. The van der Waals surface area contributed by atoms with E-state index >= 15 is 0 Å². The van der Waals surface area contributed by atoms with Gasteiger partial charge < -0.3 is 4.90 Å². The summed E-state index contributed by atoms with van der Waals surface area (Å²) in [6.07, 6.45) is 4.45. The van der Waals surface area contributed by atoms with Gasteiger partial charge in [0.1, 0.15) is 0 Å². The van der Waals surface area contributed by atoms with E-state index in [0.717, 1.165) is 11.8 Å². The first-order valence-electron chi connectivity index (χ1n) is 4.57. The molecule has 1 aliphatic heterocycles. The van der Waals surface area contributed by atoms with Crippen molar-refractivity contribution in [1.29, 1.82) is 0 Å². The van der Waals surface area contributed by atoms with Crippen molar-refractivity contribution in [3.63, 3.8) is 0 Å². The molecular formula is C9H17N. The molecule has 1 atom stereocenters. The zero-order valence-corrected chi connectivity index (χ0v) is 6.84. The van der Waals surface area contributed by atoms with Crippen molar-refractivity contribution in [3.05, 3.63) is 0 Å². The standard InChI is InChI=1S/C9H17N/c1-8-4-5-10(6-8)7-9-2-3-9/h8-9H,2-7H2,1H3. The highest BCUT2D eigenvalue weighted by Gasteiger charge is 2.27. The van der Waals surface area contributed by atoms with Gasteiger partial charge in [-0.15, -0.1) is 0 Å². The van der Waals surface area contributed by atoms with Crippen molar-refractivity contribution in [2.75, 3.05) is 19.6 Å². The molecule has 1 saturated carbocycles. The van der Waals surface area contributed by atoms with Crippen molar-refractivity contribution in [3.8, 4) is 0 Å². The lowest BCUT2D eigenvalue weighted by atomic mass is 10.2. The molecule has 1 nitrogen and oxygen atoms in total. The topological polar surface area (TPSA) is 3.24 Å². The maximum Gasteiger partial charge on any atom is 0.000978 e. The van der Waals surface area contributed by atoms with Crippen LogP contribution in [0.15, 0.2) is 0 Å². The molecule has 2 aliphatic rings. The highest BCUT2D eigenvalue weighted by molar-refractivity contribution is 4.81. The van der Waals surface area contributed by atoms with E-state index in [0.29, 0.717) is 0 Å². The van der Waals surface area contributed by atoms with Crippen molar-refractivity contribution < 1.29 is 0 Å². The SMILES string of the molecule is CC1CCN(CC2CC2)C1.